The molecule has 2 aliphatic rings. The molecule has 33 heavy (non-hydrogen) atoms. The van der Waals surface area contributed by atoms with Crippen LogP contribution in [-0.4, -0.2) is 37.3 Å². The van der Waals surface area contributed by atoms with Crippen LogP contribution in [0, 0.1) is 11.3 Å². The van der Waals surface area contributed by atoms with E-state index in [4.69, 9.17) is 21.6 Å². The summed E-state index contributed by atoms with van der Waals surface area (Å²) in [6.07, 6.45) is 6.10. The Balaban J connectivity index is 1.30. The fourth-order valence-electron chi connectivity index (χ4n) is 4.85. The van der Waals surface area contributed by atoms with E-state index in [2.05, 4.69) is 21.6 Å². The van der Waals surface area contributed by atoms with Gasteiger partial charge in [0.15, 0.2) is 0 Å². The van der Waals surface area contributed by atoms with Crippen LogP contribution in [0.15, 0.2) is 48.5 Å². The molecule has 2 N–H and O–H groups in total. The topological polar surface area (TPSA) is 77.4 Å². The fourth-order valence-corrected chi connectivity index (χ4v) is 5.04. The summed E-state index contributed by atoms with van der Waals surface area (Å²) in [6.45, 7) is 2.11. The molecule has 2 aromatic carbocycles. The van der Waals surface area contributed by atoms with E-state index in [9.17, 15) is 4.79 Å². The number of amides is 1. The van der Waals surface area contributed by atoms with Crippen LogP contribution >= 0.6 is 11.6 Å². The molecule has 4 rings (SSSR count). The van der Waals surface area contributed by atoms with Gasteiger partial charge < -0.3 is 20.3 Å². The van der Waals surface area contributed by atoms with E-state index >= 15 is 0 Å². The van der Waals surface area contributed by atoms with Crippen molar-refractivity contribution in [1.82, 2.24) is 10.6 Å². The maximum Gasteiger partial charge on any atom is 0.407 e. The summed E-state index contributed by atoms with van der Waals surface area (Å²) in [6, 6.07) is 18.0. The molecule has 1 saturated carbocycles. The van der Waals surface area contributed by atoms with Crippen molar-refractivity contribution in [1.29, 1.82) is 5.26 Å². The van der Waals surface area contributed by atoms with Crippen molar-refractivity contribution in [3.05, 3.63) is 64.7 Å². The number of ether oxygens (including phenoxy) is 1. The Bertz CT molecular complexity index is 975. The zero-order chi connectivity index (χ0) is 23.0. The van der Waals surface area contributed by atoms with Gasteiger partial charge in [0, 0.05) is 47.5 Å². The van der Waals surface area contributed by atoms with Gasteiger partial charge in [0.25, 0.3) is 0 Å². The molecular weight excluding hydrogens is 436 g/mol. The molecular formula is C26H31ClN4O2. The van der Waals surface area contributed by atoms with Crippen molar-refractivity contribution in [2.24, 2.45) is 0 Å². The third kappa shape index (κ3) is 6.40. The smallest absolute Gasteiger partial charge is 0.407 e. The van der Waals surface area contributed by atoms with Gasteiger partial charge in [0.1, 0.15) is 6.61 Å². The summed E-state index contributed by atoms with van der Waals surface area (Å²) < 4.78 is 5.45. The Morgan fingerprint density at radius 1 is 1.06 bits per heavy atom. The molecule has 0 spiro atoms. The molecule has 7 heteroatoms. The van der Waals surface area contributed by atoms with Gasteiger partial charge >= 0.3 is 6.09 Å². The van der Waals surface area contributed by atoms with E-state index in [-0.39, 0.29) is 18.7 Å². The van der Waals surface area contributed by atoms with E-state index in [1.54, 1.807) is 6.07 Å². The van der Waals surface area contributed by atoms with Gasteiger partial charge in [-0.2, -0.15) is 5.26 Å². The highest BCUT2D eigenvalue weighted by Gasteiger charge is 2.30. The van der Waals surface area contributed by atoms with Crippen LogP contribution in [-0.2, 0) is 11.3 Å². The van der Waals surface area contributed by atoms with Gasteiger partial charge in [-0.25, -0.2) is 4.79 Å². The first-order valence-corrected chi connectivity index (χ1v) is 12.2. The lowest BCUT2D eigenvalue weighted by atomic mass is 9.89. The first-order valence-electron chi connectivity index (χ1n) is 11.8. The minimum atomic E-state index is -0.392. The number of alkyl carbamates (subject to hydrolysis) is 1. The molecule has 1 amide bonds. The lowest BCUT2D eigenvalue weighted by Gasteiger charge is -2.40. The van der Waals surface area contributed by atoms with Crippen molar-refractivity contribution in [3.63, 3.8) is 0 Å². The molecule has 0 unspecified atom stereocenters. The van der Waals surface area contributed by atoms with E-state index in [1.807, 2.05) is 42.5 Å². The second kappa shape index (κ2) is 11.4. The molecule has 6 nitrogen and oxygen atoms in total. The number of hydrogen-bond donors (Lipinski definition) is 2. The van der Waals surface area contributed by atoms with Gasteiger partial charge in [-0.15, -0.1) is 0 Å². The molecule has 0 aromatic heterocycles. The number of carbonyl (C=O) groups is 1. The van der Waals surface area contributed by atoms with Crippen LogP contribution in [0.3, 0.4) is 0 Å². The first kappa shape index (κ1) is 23.4. The van der Waals surface area contributed by atoms with Gasteiger partial charge in [0.05, 0.1) is 11.6 Å². The van der Waals surface area contributed by atoms with Crippen LogP contribution in [0.4, 0.5) is 10.5 Å². The first-order chi connectivity index (χ1) is 16.1. The Labute approximate surface area is 200 Å². The van der Waals surface area contributed by atoms with Crippen molar-refractivity contribution in [2.75, 3.05) is 18.0 Å². The molecule has 1 saturated heterocycles. The largest absolute Gasteiger partial charge is 0.445 e. The second-order valence-corrected chi connectivity index (χ2v) is 9.33. The molecule has 2 aromatic rings. The maximum absolute atomic E-state index is 12.5. The Kier molecular flexibility index (Phi) is 8.09. The Morgan fingerprint density at radius 2 is 1.82 bits per heavy atom. The average molecular weight is 467 g/mol. The standard InChI is InChI=1S/C26H31ClN4O2/c27-23-8-2-1-6-20(23)18-33-26(32)30-25-10-4-3-9-24(25)29-21-7-5-15-31(17-21)22-13-11-19(16-28)12-14-22/h1-2,6,8,11-14,21,24-25,29H,3-5,7,9-10,15,17-18H2,(H,30,32)/t21-,24+,25+/m0/s1. The summed E-state index contributed by atoms with van der Waals surface area (Å²) in [5, 5.41) is 16.6. The third-order valence-corrected chi connectivity index (χ3v) is 6.99. The summed E-state index contributed by atoms with van der Waals surface area (Å²) in [7, 11) is 0. The maximum atomic E-state index is 12.5. The molecule has 1 aliphatic carbocycles. The number of nitrogens with zero attached hydrogens (tertiary/aromatic N) is 2. The molecule has 0 bridgehead atoms. The number of nitrogens with one attached hydrogen (secondary N) is 2. The second-order valence-electron chi connectivity index (χ2n) is 8.92. The van der Waals surface area contributed by atoms with Crippen LogP contribution in [0.1, 0.15) is 49.7 Å². The van der Waals surface area contributed by atoms with Crippen molar-refractivity contribution < 1.29 is 9.53 Å². The zero-order valence-electron chi connectivity index (χ0n) is 18.8. The number of anilines is 1. The number of halogens is 1. The van der Waals surface area contributed by atoms with Crippen molar-refractivity contribution >= 4 is 23.4 Å². The number of nitriles is 1. The summed E-state index contributed by atoms with van der Waals surface area (Å²) >= 11 is 6.16. The number of carbonyl (C=O) groups excluding carboxylic acids is 1. The summed E-state index contributed by atoms with van der Waals surface area (Å²) in [4.78, 5) is 14.9. The van der Waals surface area contributed by atoms with Crippen molar-refractivity contribution in [3.8, 4) is 6.07 Å². The predicted octanol–water partition coefficient (Wildman–Crippen LogP) is 5.01. The lowest BCUT2D eigenvalue weighted by Crippen LogP contribution is -2.57. The number of rotatable bonds is 6. The van der Waals surface area contributed by atoms with Crippen LogP contribution < -0.4 is 15.5 Å². The van der Waals surface area contributed by atoms with E-state index in [0.717, 1.165) is 62.9 Å². The number of benzene rings is 2. The molecule has 174 valence electrons. The summed E-state index contributed by atoms with van der Waals surface area (Å²) in [5.74, 6) is 0. The van der Waals surface area contributed by atoms with Crippen molar-refractivity contribution in [2.45, 2.75) is 63.3 Å². The minimum Gasteiger partial charge on any atom is -0.445 e. The molecule has 2 fully saturated rings. The lowest BCUT2D eigenvalue weighted by molar-refractivity contribution is 0.128. The Hall–Kier alpha value is -2.75. The normalized spacial score (nSPS) is 22.9. The average Bonchev–Trinajstić information content (AvgIpc) is 2.85. The van der Waals surface area contributed by atoms with Gasteiger partial charge in [-0.1, -0.05) is 42.6 Å². The third-order valence-electron chi connectivity index (χ3n) is 6.62. The Morgan fingerprint density at radius 3 is 2.58 bits per heavy atom. The van der Waals surface area contributed by atoms with E-state index < -0.39 is 6.09 Å². The number of hydrogen-bond acceptors (Lipinski definition) is 5. The molecule has 0 radical (unpaired) electrons. The van der Waals surface area contributed by atoms with Gasteiger partial charge in [-0.3, -0.25) is 0 Å². The summed E-state index contributed by atoms with van der Waals surface area (Å²) in [5.41, 5.74) is 2.64. The van der Waals surface area contributed by atoms with Crippen LogP contribution in [0.5, 0.6) is 0 Å². The predicted molar refractivity (Wildman–Crippen MR) is 130 cm³/mol. The monoisotopic (exact) mass is 466 g/mol. The molecule has 3 atom stereocenters. The minimum absolute atomic E-state index is 0.0581. The zero-order valence-corrected chi connectivity index (χ0v) is 19.6. The van der Waals surface area contributed by atoms with Gasteiger partial charge in [0.2, 0.25) is 0 Å². The quantitative estimate of drug-likeness (QED) is 0.625. The highest BCUT2D eigenvalue weighted by Crippen LogP contribution is 2.24. The van der Waals surface area contributed by atoms with E-state index in [1.165, 1.54) is 0 Å². The molecule has 1 heterocycles. The highest BCUT2D eigenvalue weighted by atomic mass is 35.5. The van der Waals surface area contributed by atoms with E-state index in [0.29, 0.717) is 16.6 Å². The van der Waals surface area contributed by atoms with Crippen LogP contribution in [0.2, 0.25) is 5.02 Å². The fraction of sp³-hybridized carbons (Fsp3) is 0.462. The highest BCUT2D eigenvalue weighted by molar-refractivity contribution is 6.31. The van der Waals surface area contributed by atoms with Gasteiger partial charge in [-0.05, 0) is 56.0 Å². The SMILES string of the molecule is N#Cc1ccc(N2CCC[C@H](N[C@@H]3CCCC[C@H]3NC(=O)OCc3ccccc3Cl)C2)cc1. The molecule has 1 aliphatic heterocycles. The van der Waals surface area contributed by atoms with Crippen LogP contribution in [0.25, 0.3) is 0 Å². The number of piperidine rings is 1.